The number of nitro benzene ring substituents is 2. The van der Waals surface area contributed by atoms with Crippen molar-refractivity contribution in [2.45, 2.75) is 51.4 Å². The minimum Gasteiger partial charge on any atom is -0.450 e. The Kier molecular flexibility index (Phi) is 6.32. The van der Waals surface area contributed by atoms with Crippen LogP contribution in [0.2, 0.25) is 0 Å². The molecule has 0 saturated heterocycles. The first kappa shape index (κ1) is 24.4. The Hall–Kier alpha value is -4.34. The lowest BCUT2D eigenvalue weighted by Crippen LogP contribution is -2.39. The molecule has 0 unspecified atom stereocenters. The Labute approximate surface area is 212 Å². The highest BCUT2D eigenvalue weighted by atomic mass is 16.6. The van der Waals surface area contributed by atoms with Crippen LogP contribution in [0.15, 0.2) is 65.0 Å². The van der Waals surface area contributed by atoms with E-state index in [4.69, 9.17) is 4.74 Å². The maximum atomic E-state index is 13.4. The van der Waals surface area contributed by atoms with E-state index < -0.39 is 27.1 Å². The third kappa shape index (κ3) is 4.18. The predicted molar refractivity (Wildman–Crippen MR) is 133 cm³/mol. The lowest BCUT2D eigenvalue weighted by molar-refractivity contribution is -0.394. The van der Waals surface area contributed by atoms with Gasteiger partial charge >= 0.3 is 5.69 Å². The lowest BCUT2D eigenvalue weighted by atomic mass is 9.70. The summed E-state index contributed by atoms with van der Waals surface area (Å²) in [6.45, 7) is 2.66. The van der Waals surface area contributed by atoms with Gasteiger partial charge in [-0.2, -0.15) is 0 Å². The molecule has 0 radical (unpaired) electrons. The van der Waals surface area contributed by atoms with Crippen LogP contribution in [0, 0.1) is 20.2 Å². The quantitative estimate of drug-likeness (QED) is 0.360. The molecular weight excluding hydrogens is 478 g/mol. The fraction of sp³-hybridized carbons (Fsp3) is 0.333. The Morgan fingerprint density at radius 2 is 1.49 bits per heavy atom. The number of nitro groups is 2. The molecular formula is C27H25N3O7. The molecule has 2 aromatic rings. The number of hydrogen-bond acceptors (Lipinski definition) is 8. The Morgan fingerprint density at radius 3 is 2.05 bits per heavy atom. The van der Waals surface area contributed by atoms with Crippen LogP contribution in [0.1, 0.15) is 56.9 Å². The highest BCUT2D eigenvalue weighted by Crippen LogP contribution is 2.51. The molecule has 10 nitrogen and oxygen atoms in total. The van der Waals surface area contributed by atoms with Gasteiger partial charge in [0.1, 0.15) is 5.75 Å². The minimum atomic E-state index is -0.735. The standard InChI is InChI=1S/C27H25N3O7/c1-2-28-18-8-5-10-21(31)26(18)25(27-19(28)9-6-11-22(27)32)17-7-3-4-12-23(17)37-24-14-13-16(29(33)34)15-20(24)30(35)36/h3-4,7,12-15,25H,2,5-6,8-11H2,1H3. The number of ketones is 2. The maximum absolute atomic E-state index is 13.4. The van der Waals surface area contributed by atoms with Crippen molar-refractivity contribution < 1.29 is 24.2 Å². The van der Waals surface area contributed by atoms with E-state index in [1.165, 1.54) is 6.07 Å². The van der Waals surface area contributed by atoms with Crippen molar-refractivity contribution >= 4 is 22.9 Å². The summed E-state index contributed by atoms with van der Waals surface area (Å²) in [5.41, 5.74) is 2.65. The molecule has 5 rings (SSSR count). The molecule has 0 fully saturated rings. The van der Waals surface area contributed by atoms with E-state index in [1.54, 1.807) is 24.3 Å². The first-order valence-corrected chi connectivity index (χ1v) is 12.3. The summed E-state index contributed by atoms with van der Waals surface area (Å²) in [5.74, 6) is -0.564. The third-order valence-corrected chi connectivity index (χ3v) is 7.20. The molecule has 0 N–H and O–H groups in total. The van der Waals surface area contributed by atoms with Gasteiger partial charge in [0, 0.05) is 59.5 Å². The van der Waals surface area contributed by atoms with Gasteiger partial charge in [0.2, 0.25) is 5.75 Å². The van der Waals surface area contributed by atoms with Gasteiger partial charge in [-0.25, -0.2) is 0 Å². The highest BCUT2D eigenvalue weighted by molar-refractivity contribution is 6.06. The predicted octanol–water partition coefficient (Wildman–Crippen LogP) is 5.73. The second-order valence-electron chi connectivity index (χ2n) is 9.26. The molecule has 1 heterocycles. The van der Waals surface area contributed by atoms with Crippen molar-refractivity contribution in [3.63, 3.8) is 0 Å². The average molecular weight is 504 g/mol. The van der Waals surface area contributed by atoms with Crippen molar-refractivity contribution in [2.24, 2.45) is 0 Å². The Balaban J connectivity index is 1.68. The number of rotatable bonds is 6. The summed E-state index contributed by atoms with van der Waals surface area (Å²) < 4.78 is 6.03. The summed E-state index contributed by atoms with van der Waals surface area (Å²) in [6.07, 6.45) is 3.72. The van der Waals surface area contributed by atoms with Crippen molar-refractivity contribution in [3.05, 3.63) is 90.8 Å². The zero-order valence-electron chi connectivity index (χ0n) is 20.3. The second-order valence-corrected chi connectivity index (χ2v) is 9.26. The first-order valence-electron chi connectivity index (χ1n) is 12.3. The van der Waals surface area contributed by atoms with E-state index in [1.807, 2.05) is 6.92 Å². The van der Waals surface area contributed by atoms with Gasteiger partial charge in [0.05, 0.1) is 15.9 Å². The van der Waals surface area contributed by atoms with Crippen molar-refractivity contribution in [3.8, 4) is 11.5 Å². The van der Waals surface area contributed by atoms with Crippen LogP contribution in [0.4, 0.5) is 11.4 Å². The first-order chi connectivity index (χ1) is 17.8. The Morgan fingerprint density at radius 1 is 0.865 bits per heavy atom. The second kappa shape index (κ2) is 9.61. The molecule has 3 aliphatic rings. The summed E-state index contributed by atoms with van der Waals surface area (Å²) >= 11 is 0. The maximum Gasteiger partial charge on any atom is 0.318 e. The van der Waals surface area contributed by atoms with Crippen LogP contribution in [0.5, 0.6) is 11.5 Å². The average Bonchev–Trinajstić information content (AvgIpc) is 2.88. The molecule has 0 amide bonds. The molecule has 10 heteroatoms. The van der Waals surface area contributed by atoms with Crippen LogP contribution in [0.3, 0.4) is 0 Å². The summed E-state index contributed by atoms with van der Waals surface area (Å²) in [5, 5.41) is 22.8. The van der Waals surface area contributed by atoms with E-state index in [9.17, 15) is 29.8 Å². The fourth-order valence-corrected chi connectivity index (χ4v) is 5.69. The summed E-state index contributed by atoms with van der Waals surface area (Å²) in [6, 6.07) is 10.1. The number of nitrogens with zero attached hydrogens (tertiary/aromatic N) is 3. The van der Waals surface area contributed by atoms with Crippen LogP contribution < -0.4 is 4.74 Å². The number of hydrogen-bond donors (Lipinski definition) is 0. The zero-order chi connectivity index (χ0) is 26.3. The number of allylic oxidation sites excluding steroid dienone is 4. The molecule has 0 atom stereocenters. The number of benzene rings is 2. The summed E-state index contributed by atoms with van der Waals surface area (Å²) in [7, 11) is 0. The van der Waals surface area contributed by atoms with E-state index in [0.29, 0.717) is 36.1 Å². The molecule has 0 saturated carbocycles. The lowest BCUT2D eigenvalue weighted by Gasteiger charge is -2.43. The Bertz CT molecular complexity index is 1360. The van der Waals surface area contributed by atoms with Crippen LogP contribution in [-0.2, 0) is 9.59 Å². The van der Waals surface area contributed by atoms with Crippen molar-refractivity contribution in [1.82, 2.24) is 4.90 Å². The SMILES string of the molecule is CCN1C2=C(C(=O)CCC2)C(c2ccccc2Oc2ccc([N+](=O)[O-])cc2[N+](=O)[O-])C2=C1CCCC2=O. The summed E-state index contributed by atoms with van der Waals surface area (Å²) in [4.78, 5) is 50.2. The monoisotopic (exact) mass is 503 g/mol. The van der Waals surface area contributed by atoms with Crippen LogP contribution in [-0.4, -0.2) is 32.9 Å². The van der Waals surface area contributed by atoms with Gasteiger partial charge in [-0.1, -0.05) is 18.2 Å². The van der Waals surface area contributed by atoms with E-state index in [-0.39, 0.29) is 23.1 Å². The molecule has 190 valence electrons. The number of non-ortho nitro benzene ring substituents is 1. The van der Waals surface area contributed by atoms with E-state index in [0.717, 1.165) is 49.2 Å². The number of Topliss-reactive ketones (excluding diaryl/α,β-unsaturated/α-hetero) is 2. The normalized spacial score (nSPS) is 18.0. The van der Waals surface area contributed by atoms with Crippen LogP contribution in [0.25, 0.3) is 0 Å². The molecule has 37 heavy (non-hydrogen) atoms. The zero-order valence-corrected chi connectivity index (χ0v) is 20.3. The molecule has 0 bridgehead atoms. The van der Waals surface area contributed by atoms with Gasteiger partial charge in [-0.3, -0.25) is 29.8 Å². The number of carbonyl (C=O) groups excluding carboxylic acids is 2. The van der Waals surface area contributed by atoms with Gasteiger partial charge in [-0.05, 0) is 44.7 Å². The largest absolute Gasteiger partial charge is 0.450 e. The fourth-order valence-electron chi connectivity index (χ4n) is 5.69. The highest BCUT2D eigenvalue weighted by Gasteiger charge is 2.43. The molecule has 0 aromatic heterocycles. The molecule has 2 aromatic carbocycles. The number of para-hydroxylation sites is 1. The van der Waals surface area contributed by atoms with Gasteiger partial charge in [0.25, 0.3) is 5.69 Å². The third-order valence-electron chi connectivity index (χ3n) is 7.20. The number of carbonyl (C=O) groups is 2. The van der Waals surface area contributed by atoms with Gasteiger partial charge in [-0.15, -0.1) is 0 Å². The number of ether oxygens (including phenoxy) is 1. The molecule has 0 spiro atoms. The van der Waals surface area contributed by atoms with Crippen molar-refractivity contribution in [1.29, 1.82) is 0 Å². The smallest absolute Gasteiger partial charge is 0.318 e. The van der Waals surface area contributed by atoms with Gasteiger partial charge in [0.15, 0.2) is 11.6 Å². The van der Waals surface area contributed by atoms with E-state index in [2.05, 4.69) is 4.90 Å². The minimum absolute atomic E-state index is 0.00857. The van der Waals surface area contributed by atoms with Gasteiger partial charge < -0.3 is 9.64 Å². The topological polar surface area (TPSA) is 133 Å². The molecule has 2 aliphatic carbocycles. The molecule has 1 aliphatic heterocycles. The van der Waals surface area contributed by atoms with Crippen molar-refractivity contribution in [2.75, 3.05) is 6.54 Å². The van der Waals surface area contributed by atoms with E-state index >= 15 is 0 Å². The van der Waals surface area contributed by atoms with Crippen LogP contribution >= 0.6 is 0 Å².